The van der Waals surface area contributed by atoms with Crippen LogP contribution in [0.25, 0.3) is 0 Å². The molecule has 1 fully saturated rings. The van der Waals surface area contributed by atoms with Crippen molar-refractivity contribution in [1.29, 1.82) is 0 Å². The predicted molar refractivity (Wildman–Crippen MR) is 46.8 cm³/mol. The summed E-state index contributed by atoms with van der Waals surface area (Å²) >= 11 is 6.81. The van der Waals surface area contributed by atoms with Crippen LogP contribution in [-0.2, 0) is 0 Å². The van der Waals surface area contributed by atoms with Crippen LogP contribution in [0.3, 0.4) is 0 Å². The van der Waals surface area contributed by atoms with E-state index < -0.39 is 0 Å². The normalized spacial score (nSPS) is 26.4. The zero-order valence-electron chi connectivity index (χ0n) is 5.30. The molecule has 1 aliphatic heterocycles. The van der Waals surface area contributed by atoms with E-state index >= 15 is 0 Å². The molecule has 52 valence electrons. The van der Waals surface area contributed by atoms with Gasteiger partial charge in [0.15, 0.2) is 0 Å². The van der Waals surface area contributed by atoms with Crippen LogP contribution in [-0.4, -0.2) is 16.5 Å². The Hall–Kier alpha value is 0.240. The Balaban J connectivity index is 2.19. The summed E-state index contributed by atoms with van der Waals surface area (Å²) in [4.78, 5) is 0.683. The molecular weight excluding hydrogens is 150 g/mol. The van der Waals surface area contributed by atoms with E-state index in [2.05, 4.69) is 0 Å². The van der Waals surface area contributed by atoms with Gasteiger partial charge < -0.3 is 5.73 Å². The molecule has 0 saturated carbocycles. The highest BCUT2D eigenvalue weighted by atomic mass is 32.2. The molecule has 1 saturated heterocycles. The van der Waals surface area contributed by atoms with E-state index in [4.69, 9.17) is 18.0 Å². The molecule has 0 aromatic heterocycles. The minimum Gasteiger partial charge on any atom is -0.393 e. The van der Waals surface area contributed by atoms with Gasteiger partial charge in [0.25, 0.3) is 0 Å². The highest BCUT2D eigenvalue weighted by Crippen LogP contribution is 2.25. The molecule has 1 aliphatic rings. The first-order valence-corrected chi connectivity index (χ1v) is 4.71. The van der Waals surface area contributed by atoms with Crippen molar-refractivity contribution in [2.45, 2.75) is 12.8 Å². The molecule has 1 heterocycles. The highest BCUT2D eigenvalue weighted by molar-refractivity contribution is 7.99. The third kappa shape index (κ3) is 2.54. The second-order valence-corrected chi connectivity index (χ2v) is 4.07. The lowest BCUT2D eigenvalue weighted by molar-refractivity contribution is 0.627. The van der Waals surface area contributed by atoms with E-state index in [-0.39, 0.29) is 0 Å². The SMILES string of the molecule is NC(=S)CC1CCSC1. The summed E-state index contributed by atoms with van der Waals surface area (Å²) in [6.45, 7) is 0. The maximum atomic E-state index is 5.39. The molecule has 1 unspecified atom stereocenters. The third-order valence-corrected chi connectivity index (χ3v) is 2.91. The molecule has 1 rings (SSSR count). The van der Waals surface area contributed by atoms with Crippen molar-refractivity contribution >= 4 is 29.0 Å². The van der Waals surface area contributed by atoms with Crippen molar-refractivity contribution in [3.05, 3.63) is 0 Å². The van der Waals surface area contributed by atoms with E-state index in [0.29, 0.717) is 4.99 Å². The fourth-order valence-corrected chi connectivity index (χ4v) is 2.55. The molecule has 0 aromatic carbocycles. The smallest absolute Gasteiger partial charge is 0.0730 e. The van der Waals surface area contributed by atoms with Crippen molar-refractivity contribution in [1.82, 2.24) is 0 Å². The van der Waals surface area contributed by atoms with Crippen molar-refractivity contribution in [3.63, 3.8) is 0 Å². The topological polar surface area (TPSA) is 26.0 Å². The fraction of sp³-hybridized carbons (Fsp3) is 0.833. The second kappa shape index (κ2) is 3.42. The molecule has 0 aromatic rings. The van der Waals surface area contributed by atoms with Gasteiger partial charge in [0.2, 0.25) is 0 Å². The van der Waals surface area contributed by atoms with Crippen LogP contribution in [0.2, 0.25) is 0 Å². The lowest BCUT2D eigenvalue weighted by atomic mass is 10.1. The Bertz CT molecular complexity index is 108. The van der Waals surface area contributed by atoms with Gasteiger partial charge >= 0.3 is 0 Å². The van der Waals surface area contributed by atoms with Crippen LogP contribution < -0.4 is 5.73 Å². The fourth-order valence-electron chi connectivity index (χ4n) is 1.03. The number of hydrogen-bond acceptors (Lipinski definition) is 2. The Morgan fingerprint density at radius 1 is 1.78 bits per heavy atom. The summed E-state index contributed by atoms with van der Waals surface area (Å²) in [5.41, 5.74) is 5.39. The van der Waals surface area contributed by atoms with E-state index in [0.717, 1.165) is 12.3 Å². The van der Waals surface area contributed by atoms with Gasteiger partial charge in [0.1, 0.15) is 0 Å². The summed E-state index contributed by atoms with van der Waals surface area (Å²) in [5, 5.41) is 0. The van der Waals surface area contributed by atoms with Crippen molar-refractivity contribution in [2.24, 2.45) is 11.7 Å². The van der Waals surface area contributed by atoms with Crippen LogP contribution in [0, 0.1) is 5.92 Å². The first-order valence-electron chi connectivity index (χ1n) is 3.15. The van der Waals surface area contributed by atoms with Crippen LogP contribution in [0.4, 0.5) is 0 Å². The quantitative estimate of drug-likeness (QED) is 0.620. The Labute approximate surface area is 65.4 Å². The molecule has 9 heavy (non-hydrogen) atoms. The number of thiocarbonyl (C=S) groups is 1. The van der Waals surface area contributed by atoms with Gasteiger partial charge in [0.05, 0.1) is 4.99 Å². The maximum Gasteiger partial charge on any atom is 0.0730 e. The average molecular weight is 161 g/mol. The van der Waals surface area contributed by atoms with Gasteiger partial charge in [0, 0.05) is 6.42 Å². The molecule has 1 nitrogen and oxygen atoms in total. The lowest BCUT2D eigenvalue weighted by Gasteiger charge is -2.03. The second-order valence-electron chi connectivity index (χ2n) is 2.40. The summed E-state index contributed by atoms with van der Waals surface area (Å²) in [7, 11) is 0. The minimum absolute atomic E-state index is 0.683. The highest BCUT2D eigenvalue weighted by Gasteiger charge is 2.15. The number of rotatable bonds is 2. The molecule has 0 spiro atoms. The van der Waals surface area contributed by atoms with Crippen molar-refractivity contribution in [3.8, 4) is 0 Å². The molecular formula is C6H11NS2. The number of nitrogens with two attached hydrogens (primary N) is 1. The van der Waals surface area contributed by atoms with Gasteiger partial charge in [-0.2, -0.15) is 11.8 Å². The molecule has 2 N–H and O–H groups in total. The summed E-state index contributed by atoms with van der Waals surface area (Å²) < 4.78 is 0. The van der Waals surface area contributed by atoms with Crippen LogP contribution in [0.1, 0.15) is 12.8 Å². The Kier molecular flexibility index (Phi) is 2.79. The summed E-state index contributed by atoms with van der Waals surface area (Å²) in [6, 6.07) is 0. The van der Waals surface area contributed by atoms with Crippen LogP contribution in [0.15, 0.2) is 0 Å². The largest absolute Gasteiger partial charge is 0.393 e. The number of thioether (sulfide) groups is 1. The van der Waals surface area contributed by atoms with E-state index in [1.165, 1.54) is 17.9 Å². The van der Waals surface area contributed by atoms with Gasteiger partial charge in [-0.1, -0.05) is 12.2 Å². The Morgan fingerprint density at radius 3 is 3.00 bits per heavy atom. The van der Waals surface area contributed by atoms with E-state index in [1.807, 2.05) is 11.8 Å². The first kappa shape index (κ1) is 7.35. The molecule has 0 radical (unpaired) electrons. The molecule has 0 bridgehead atoms. The number of hydrogen-bond donors (Lipinski definition) is 1. The predicted octanol–water partition coefficient (Wildman–Crippen LogP) is 1.42. The third-order valence-electron chi connectivity index (χ3n) is 1.51. The van der Waals surface area contributed by atoms with E-state index in [1.54, 1.807) is 0 Å². The molecule has 1 atom stereocenters. The first-order chi connectivity index (χ1) is 4.29. The molecule has 3 heteroatoms. The van der Waals surface area contributed by atoms with Gasteiger partial charge in [-0.25, -0.2) is 0 Å². The summed E-state index contributed by atoms with van der Waals surface area (Å²) in [5.74, 6) is 3.34. The van der Waals surface area contributed by atoms with Gasteiger partial charge in [-0.05, 0) is 23.8 Å². The average Bonchev–Trinajstić information content (AvgIpc) is 2.15. The standard InChI is InChI=1S/C6H11NS2/c7-6(8)3-5-1-2-9-4-5/h5H,1-4H2,(H2,7,8). The zero-order valence-corrected chi connectivity index (χ0v) is 6.93. The van der Waals surface area contributed by atoms with Crippen molar-refractivity contribution in [2.75, 3.05) is 11.5 Å². The molecule has 0 amide bonds. The Morgan fingerprint density at radius 2 is 2.56 bits per heavy atom. The zero-order chi connectivity index (χ0) is 6.69. The maximum absolute atomic E-state index is 5.39. The van der Waals surface area contributed by atoms with Crippen LogP contribution in [0.5, 0.6) is 0 Å². The van der Waals surface area contributed by atoms with Gasteiger partial charge in [-0.15, -0.1) is 0 Å². The van der Waals surface area contributed by atoms with E-state index in [9.17, 15) is 0 Å². The minimum atomic E-state index is 0.683. The molecule has 0 aliphatic carbocycles. The summed E-state index contributed by atoms with van der Waals surface area (Å²) in [6.07, 6.45) is 2.27. The van der Waals surface area contributed by atoms with Crippen LogP contribution >= 0.6 is 24.0 Å². The monoisotopic (exact) mass is 161 g/mol. The van der Waals surface area contributed by atoms with Gasteiger partial charge in [-0.3, -0.25) is 0 Å². The van der Waals surface area contributed by atoms with Crippen molar-refractivity contribution < 1.29 is 0 Å². The lowest BCUT2D eigenvalue weighted by Crippen LogP contribution is -2.13.